The molecular weight excluding hydrogens is 256 g/mol. The summed E-state index contributed by atoms with van der Waals surface area (Å²) in [6, 6.07) is 4.60. The van der Waals surface area contributed by atoms with Crippen molar-refractivity contribution < 1.29 is 4.92 Å². The number of hydrogen-bond acceptors (Lipinski definition) is 5. The number of benzene rings is 1. The summed E-state index contributed by atoms with van der Waals surface area (Å²) in [7, 11) is 0. The van der Waals surface area contributed by atoms with Gasteiger partial charge in [-0.05, 0) is 31.5 Å². The van der Waals surface area contributed by atoms with Crippen molar-refractivity contribution in [3.05, 3.63) is 33.6 Å². The maximum Gasteiger partial charge on any atom is 0.271 e. The van der Waals surface area contributed by atoms with Crippen molar-refractivity contribution in [3.63, 3.8) is 0 Å². The van der Waals surface area contributed by atoms with Crippen LogP contribution in [0.25, 0.3) is 10.9 Å². The maximum atomic E-state index is 10.7. The molecule has 0 bridgehead atoms. The van der Waals surface area contributed by atoms with E-state index in [9.17, 15) is 10.1 Å². The Labute approximate surface area is 108 Å². The van der Waals surface area contributed by atoms with E-state index in [4.69, 9.17) is 11.6 Å². The van der Waals surface area contributed by atoms with Crippen molar-refractivity contribution in [3.8, 4) is 0 Å². The van der Waals surface area contributed by atoms with Crippen LogP contribution in [0.5, 0.6) is 0 Å². The molecule has 7 heteroatoms. The van der Waals surface area contributed by atoms with Gasteiger partial charge in [-0.15, -0.1) is 0 Å². The molecule has 1 N–H and O–H groups in total. The smallest absolute Gasteiger partial charge is 0.271 e. The molecule has 0 fully saturated rings. The molecule has 0 saturated carbocycles. The second-order valence-electron chi connectivity index (χ2n) is 4.10. The monoisotopic (exact) mass is 266 g/mol. The van der Waals surface area contributed by atoms with Crippen molar-refractivity contribution >= 4 is 34.0 Å². The largest absolute Gasteiger partial charge is 0.367 e. The average molecular weight is 267 g/mol. The Morgan fingerprint density at radius 2 is 2.11 bits per heavy atom. The van der Waals surface area contributed by atoms with Gasteiger partial charge in [-0.2, -0.15) is 0 Å². The fraction of sp³-hybridized carbons (Fsp3) is 0.273. The van der Waals surface area contributed by atoms with Gasteiger partial charge >= 0.3 is 0 Å². The normalized spacial score (nSPS) is 10.9. The molecular formula is C11H11ClN4O2. The van der Waals surface area contributed by atoms with Crippen LogP contribution in [0.4, 0.5) is 11.5 Å². The van der Waals surface area contributed by atoms with E-state index < -0.39 is 4.92 Å². The molecule has 2 aromatic rings. The van der Waals surface area contributed by atoms with Gasteiger partial charge in [0.2, 0.25) is 5.28 Å². The van der Waals surface area contributed by atoms with Gasteiger partial charge in [-0.25, -0.2) is 9.97 Å². The van der Waals surface area contributed by atoms with E-state index in [1.54, 1.807) is 6.07 Å². The summed E-state index contributed by atoms with van der Waals surface area (Å²) in [6.45, 7) is 3.93. The maximum absolute atomic E-state index is 10.7. The van der Waals surface area contributed by atoms with E-state index in [0.29, 0.717) is 16.7 Å². The van der Waals surface area contributed by atoms with E-state index in [0.717, 1.165) is 0 Å². The van der Waals surface area contributed by atoms with E-state index in [1.807, 2.05) is 13.8 Å². The highest BCUT2D eigenvalue weighted by molar-refractivity contribution is 6.28. The molecule has 0 radical (unpaired) electrons. The minimum atomic E-state index is -0.467. The molecule has 1 heterocycles. The molecule has 0 aliphatic rings. The lowest BCUT2D eigenvalue weighted by Crippen LogP contribution is -2.11. The number of non-ortho nitro benzene ring substituents is 1. The van der Waals surface area contributed by atoms with Crippen LogP contribution < -0.4 is 5.32 Å². The Hall–Kier alpha value is -1.95. The summed E-state index contributed by atoms with van der Waals surface area (Å²) >= 11 is 5.81. The summed E-state index contributed by atoms with van der Waals surface area (Å²) in [6.07, 6.45) is 0. The van der Waals surface area contributed by atoms with Gasteiger partial charge < -0.3 is 5.32 Å². The van der Waals surface area contributed by atoms with E-state index >= 15 is 0 Å². The number of nitro groups is 1. The van der Waals surface area contributed by atoms with Gasteiger partial charge in [-0.3, -0.25) is 10.1 Å². The Morgan fingerprint density at radius 3 is 2.72 bits per heavy atom. The lowest BCUT2D eigenvalue weighted by atomic mass is 10.2. The molecule has 1 aromatic heterocycles. The van der Waals surface area contributed by atoms with Crippen LogP contribution in [0.15, 0.2) is 18.2 Å². The molecule has 0 amide bonds. The highest BCUT2D eigenvalue weighted by Gasteiger charge is 2.12. The zero-order valence-corrected chi connectivity index (χ0v) is 10.6. The first-order valence-electron chi connectivity index (χ1n) is 5.35. The van der Waals surface area contributed by atoms with Crippen molar-refractivity contribution in [2.24, 2.45) is 0 Å². The number of anilines is 1. The molecule has 1 aromatic carbocycles. The van der Waals surface area contributed by atoms with E-state index in [-0.39, 0.29) is 17.0 Å². The molecule has 2 rings (SSSR count). The highest BCUT2D eigenvalue weighted by atomic mass is 35.5. The summed E-state index contributed by atoms with van der Waals surface area (Å²) < 4.78 is 0. The lowest BCUT2D eigenvalue weighted by Gasteiger charge is -2.11. The minimum absolute atomic E-state index is 0.0206. The average Bonchev–Trinajstić information content (AvgIpc) is 2.26. The Balaban J connectivity index is 2.62. The van der Waals surface area contributed by atoms with Gasteiger partial charge in [-0.1, -0.05) is 0 Å². The van der Waals surface area contributed by atoms with E-state index in [2.05, 4.69) is 15.3 Å². The van der Waals surface area contributed by atoms with Crippen molar-refractivity contribution in [1.82, 2.24) is 9.97 Å². The predicted molar refractivity (Wildman–Crippen MR) is 70.0 cm³/mol. The van der Waals surface area contributed by atoms with Gasteiger partial charge in [0.25, 0.3) is 5.69 Å². The number of fused-ring (bicyclic) bond motifs is 1. The lowest BCUT2D eigenvalue weighted by molar-refractivity contribution is -0.384. The van der Waals surface area contributed by atoms with Gasteiger partial charge in [0, 0.05) is 23.6 Å². The summed E-state index contributed by atoms with van der Waals surface area (Å²) in [4.78, 5) is 18.3. The second-order valence-corrected chi connectivity index (χ2v) is 4.44. The standard InChI is InChI=1S/C11H11ClN4O2/c1-6(2)13-10-8-4-3-7(16(17)18)5-9(8)14-11(12)15-10/h3-6H,1-2H3,(H,13,14,15). The van der Waals surface area contributed by atoms with Crippen LogP contribution in [0.3, 0.4) is 0 Å². The Bertz CT molecular complexity index is 615. The number of nitrogens with one attached hydrogen (secondary N) is 1. The number of halogens is 1. The van der Waals surface area contributed by atoms with Crippen molar-refractivity contribution in [2.45, 2.75) is 19.9 Å². The first kappa shape index (κ1) is 12.5. The Kier molecular flexibility index (Phi) is 3.29. The molecule has 94 valence electrons. The second kappa shape index (κ2) is 4.73. The number of aromatic nitrogens is 2. The van der Waals surface area contributed by atoms with Crippen LogP contribution in [-0.4, -0.2) is 20.9 Å². The SMILES string of the molecule is CC(C)Nc1nc(Cl)nc2cc([N+](=O)[O-])ccc12. The molecule has 0 unspecified atom stereocenters. The zero-order chi connectivity index (χ0) is 13.3. The highest BCUT2D eigenvalue weighted by Crippen LogP contribution is 2.26. The van der Waals surface area contributed by atoms with Gasteiger partial charge in [0.15, 0.2) is 0 Å². The molecule has 0 spiro atoms. The van der Waals surface area contributed by atoms with Crippen LogP contribution in [0.1, 0.15) is 13.8 Å². The molecule has 0 aliphatic heterocycles. The van der Waals surface area contributed by atoms with Crippen LogP contribution in [0, 0.1) is 10.1 Å². The predicted octanol–water partition coefficient (Wildman–Crippen LogP) is 3.01. The van der Waals surface area contributed by atoms with Crippen LogP contribution >= 0.6 is 11.6 Å². The third kappa shape index (κ3) is 2.48. The third-order valence-corrected chi connectivity index (χ3v) is 2.46. The fourth-order valence-electron chi connectivity index (χ4n) is 1.59. The van der Waals surface area contributed by atoms with E-state index in [1.165, 1.54) is 12.1 Å². The molecule has 6 nitrogen and oxygen atoms in total. The molecule has 0 saturated heterocycles. The molecule has 18 heavy (non-hydrogen) atoms. The van der Waals surface area contributed by atoms with Crippen molar-refractivity contribution in [2.75, 3.05) is 5.32 Å². The third-order valence-electron chi connectivity index (χ3n) is 2.29. The quantitative estimate of drug-likeness (QED) is 0.525. The van der Waals surface area contributed by atoms with Gasteiger partial charge in [0.05, 0.1) is 10.4 Å². The summed E-state index contributed by atoms with van der Waals surface area (Å²) in [5.41, 5.74) is 0.431. The molecule has 0 atom stereocenters. The molecule has 0 aliphatic carbocycles. The first-order chi connectivity index (χ1) is 8.47. The number of rotatable bonds is 3. The Morgan fingerprint density at radius 1 is 1.39 bits per heavy atom. The number of nitro benzene ring substituents is 1. The zero-order valence-electron chi connectivity index (χ0n) is 9.85. The van der Waals surface area contributed by atoms with Crippen molar-refractivity contribution in [1.29, 1.82) is 0 Å². The number of nitrogens with zero attached hydrogens (tertiary/aromatic N) is 3. The van der Waals surface area contributed by atoms with Gasteiger partial charge in [0.1, 0.15) is 5.82 Å². The number of hydrogen-bond donors (Lipinski definition) is 1. The minimum Gasteiger partial charge on any atom is -0.367 e. The summed E-state index contributed by atoms with van der Waals surface area (Å²) in [5, 5.41) is 14.6. The van der Waals surface area contributed by atoms with Crippen LogP contribution in [0.2, 0.25) is 5.28 Å². The topological polar surface area (TPSA) is 81.0 Å². The van der Waals surface area contributed by atoms with Crippen LogP contribution in [-0.2, 0) is 0 Å². The fourth-order valence-corrected chi connectivity index (χ4v) is 1.76. The summed E-state index contributed by atoms with van der Waals surface area (Å²) in [5.74, 6) is 0.579. The first-order valence-corrected chi connectivity index (χ1v) is 5.73.